The van der Waals surface area contributed by atoms with Gasteiger partial charge in [0.1, 0.15) is 5.75 Å². The summed E-state index contributed by atoms with van der Waals surface area (Å²) in [7, 11) is 1.71. The highest BCUT2D eigenvalue weighted by Gasteiger charge is 2.41. The maximum atomic E-state index is 5.19. The maximum absolute atomic E-state index is 5.19. The van der Waals surface area contributed by atoms with Gasteiger partial charge in [-0.2, -0.15) is 0 Å². The normalized spacial score (nSPS) is 30.7. The Hall–Kier alpha value is -1.28. The summed E-state index contributed by atoms with van der Waals surface area (Å²) in [5.74, 6) is 2.63. The van der Waals surface area contributed by atoms with E-state index in [0.29, 0.717) is 12.1 Å². The summed E-state index contributed by atoms with van der Waals surface area (Å²) in [6, 6.07) is 9.45. The molecule has 0 amide bonds. The molecule has 0 radical (unpaired) electrons. The minimum absolute atomic E-state index is 0.413. The SMILES string of the molecule is COc1ccc([C@@H](C)NC2CC3CC=CC32)cc1. The number of methoxy groups -OCH3 is 1. The van der Waals surface area contributed by atoms with Gasteiger partial charge >= 0.3 is 0 Å². The lowest BCUT2D eigenvalue weighted by Crippen LogP contribution is -2.48. The van der Waals surface area contributed by atoms with Crippen LogP contribution in [0.1, 0.15) is 31.4 Å². The molecule has 0 spiro atoms. The number of benzene rings is 1. The molecule has 1 aromatic rings. The van der Waals surface area contributed by atoms with E-state index in [-0.39, 0.29) is 0 Å². The predicted octanol–water partition coefficient (Wildman–Crippen LogP) is 3.31. The average molecular weight is 243 g/mol. The molecule has 18 heavy (non-hydrogen) atoms. The van der Waals surface area contributed by atoms with Crippen LogP contribution in [0, 0.1) is 11.8 Å². The first kappa shape index (κ1) is 11.8. The molecule has 2 nitrogen and oxygen atoms in total. The van der Waals surface area contributed by atoms with E-state index in [1.807, 2.05) is 12.1 Å². The third-order valence-corrected chi connectivity index (χ3v) is 4.44. The molecule has 2 aliphatic carbocycles. The summed E-state index contributed by atoms with van der Waals surface area (Å²) >= 11 is 0. The Kier molecular flexibility index (Phi) is 3.13. The standard InChI is InChI=1S/C16H21NO/c1-11(12-6-8-14(18-2)9-7-12)17-16-10-13-4-3-5-15(13)16/h3,5-9,11,13,15-17H,4,10H2,1-2H3/t11-,13?,15?,16?/m1/s1. The van der Waals surface area contributed by atoms with Crippen molar-refractivity contribution in [2.45, 2.75) is 31.8 Å². The third-order valence-electron chi connectivity index (χ3n) is 4.44. The first-order chi connectivity index (χ1) is 8.78. The molecule has 1 aromatic carbocycles. The number of allylic oxidation sites excluding steroid dienone is 1. The minimum Gasteiger partial charge on any atom is -0.497 e. The Morgan fingerprint density at radius 3 is 2.72 bits per heavy atom. The van der Waals surface area contributed by atoms with Crippen molar-refractivity contribution in [3.63, 3.8) is 0 Å². The van der Waals surface area contributed by atoms with Crippen LogP contribution >= 0.6 is 0 Å². The van der Waals surface area contributed by atoms with Gasteiger partial charge in [-0.1, -0.05) is 24.3 Å². The number of nitrogens with one attached hydrogen (secondary N) is 1. The molecular formula is C16H21NO. The first-order valence-corrected chi connectivity index (χ1v) is 6.84. The molecule has 1 saturated carbocycles. The largest absolute Gasteiger partial charge is 0.497 e. The Morgan fingerprint density at radius 1 is 1.28 bits per heavy atom. The zero-order valence-electron chi connectivity index (χ0n) is 11.1. The van der Waals surface area contributed by atoms with Gasteiger partial charge in [-0.15, -0.1) is 0 Å². The van der Waals surface area contributed by atoms with Crippen LogP contribution in [0.3, 0.4) is 0 Å². The highest BCUT2D eigenvalue weighted by Crippen LogP contribution is 2.43. The maximum Gasteiger partial charge on any atom is 0.118 e. The van der Waals surface area contributed by atoms with Gasteiger partial charge in [0.2, 0.25) is 0 Å². The molecule has 2 heteroatoms. The molecule has 1 fully saturated rings. The minimum atomic E-state index is 0.413. The predicted molar refractivity (Wildman–Crippen MR) is 73.7 cm³/mol. The summed E-state index contributed by atoms with van der Waals surface area (Å²) in [4.78, 5) is 0. The molecule has 0 aromatic heterocycles. The van der Waals surface area contributed by atoms with Crippen LogP contribution in [0.25, 0.3) is 0 Å². The number of ether oxygens (including phenoxy) is 1. The van der Waals surface area contributed by atoms with Crippen molar-refractivity contribution in [3.8, 4) is 5.75 Å². The Labute approximate surface area is 109 Å². The van der Waals surface area contributed by atoms with E-state index >= 15 is 0 Å². The van der Waals surface area contributed by atoms with Gasteiger partial charge in [0.25, 0.3) is 0 Å². The van der Waals surface area contributed by atoms with E-state index in [1.54, 1.807) is 7.11 Å². The van der Waals surface area contributed by atoms with Gasteiger partial charge in [0, 0.05) is 12.1 Å². The molecule has 0 aliphatic heterocycles. The lowest BCUT2D eigenvalue weighted by atomic mass is 9.71. The van der Waals surface area contributed by atoms with Gasteiger partial charge in [-0.25, -0.2) is 0 Å². The fourth-order valence-corrected chi connectivity index (χ4v) is 3.22. The second-order valence-corrected chi connectivity index (χ2v) is 5.50. The average Bonchev–Trinajstić information content (AvgIpc) is 2.77. The summed E-state index contributed by atoms with van der Waals surface area (Å²) in [5, 5.41) is 3.75. The number of hydrogen-bond acceptors (Lipinski definition) is 2. The van der Waals surface area contributed by atoms with Gasteiger partial charge in [-0.3, -0.25) is 0 Å². The van der Waals surface area contributed by atoms with Crippen LogP contribution < -0.4 is 10.1 Å². The Bertz CT molecular complexity index is 437. The topological polar surface area (TPSA) is 21.3 Å². The zero-order chi connectivity index (χ0) is 12.5. The third kappa shape index (κ3) is 2.05. The van der Waals surface area contributed by atoms with Crippen LogP contribution in [0.2, 0.25) is 0 Å². The van der Waals surface area contributed by atoms with Crippen LogP contribution in [0.4, 0.5) is 0 Å². The molecule has 3 rings (SSSR count). The summed E-state index contributed by atoms with van der Waals surface area (Å²) < 4.78 is 5.19. The molecule has 0 saturated heterocycles. The van der Waals surface area contributed by atoms with E-state index in [2.05, 4.69) is 36.5 Å². The monoisotopic (exact) mass is 243 g/mol. The van der Waals surface area contributed by atoms with Crippen LogP contribution in [-0.2, 0) is 0 Å². The fourth-order valence-electron chi connectivity index (χ4n) is 3.22. The lowest BCUT2D eigenvalue weighted by molar-refractivity contribution is 0.152. The fraction of sp³-hybridized carbons (Fsp3) is 0.500. The molecule has 2 aliphatic rings. The second kappa shape index (κ2) is 4.77. The van der Waals surface area contributed by atoms with Gasteiger partial charge in [0.05, 0.1) is 7.11 Å². The smallest absolute Gasteiger partial charge is 0.118 e. The quantitative estimate of drug-likeness (QED) is 0.819. The number of fused-ring (bicyclic) bond motifs is 1. The van der Waals surface area contributed by atoms with Crippen molar-refractivity contribution in [3.05, 3.63) is 42.0 Å². The van der Waals surface area contributed by atoms with Gasteiger partial charge in [-0.05, 0) is 49.3 Å². The van der Waals surface area contributed by atoms with Gasteiger partial charge < -0.3 is 10.1 Å². The second-order valence-electron chi connectivity index (χ2n) is 5.50. The highest BCUT2D eigenvalue weighted by molar-refractivity contribution is 5.29. The van der Waals surface area contributed by atoms with E-state index in [4.69, 9.17) is 4.74 Å². The van der Waals surface area contributed by atoms with Crippen LogP contribution in [0.5, 0.6) is 5.75 Å². The molecule has 4 atom stereocenters. The van der Waals surface area contributed by atoms with E-state index in [9.17, 15) is 0 Å². The first-order valence-electron chi connectivity index (χ1n) is 6.84. The number of rotatable bonds is 4. The highest BCUT2D eigenvalue weighted by atomic mass is 16.5. The van der Waals surface area contributed by atoms with Crippen molar-refractivity contribution >= 4 is 0 Å². The Balaban J connectivity index is 1.60. The zero-order valence-corrected chi connectivity index (χ0v) is 11.1. The molecule has 3 unspecified atom stereocenters. The molecule has 96 valence electrons. The van der Waals surface area contributed by atoms with Crippen molar-refractivity contribution in [2.24, 2.45) is 11.8 Å². The van der Waals surface area contributed by atoms with Crippen molar-refractivity contribution in [1.29, 1.82) is 0 Å². The van der Waals surface area contributed by atoms with Crippen molar-refractivity contribution in [2.75, 3.05) is 7.11 Å². The summed E-state index contributed by atoms with van der Waals surface area (Å²) in [5.41, 5.74) is 1.33. The lowest BCUT2D eigenvalue weighted by Gasteiger charge is -2.42. The van der Waals surface area contributed by atoms with Crippen molar-refractivity contribution < 1.29 is 4.74 Å². The van der Waals surface area contributed by atoms with Gasteiger partial charge in [0.15, 0.2) is 0 Å². The Morgan fingerprint density at radius 2 is 2.06 bits per heavy atom. The number of hydrogen-bond donors (Lipinski definition) is 1. The van der Waals surface area contributed by atoms with E-state index in [0.717, 1.165) is 17.6 Å². The molecule has 1 N–H and O–H groups in total. The van der Waals surface area contributed by atoms with E-state index < -0.39 is 0 Å². The summed E-state index contributed by atoms with van der Waals surface area (Å²) in [6.45, 7) is 2.24. The summed E-state index contributed by atoms with van der Waals surface area (Å²) in [6.07, 6.45) is 7.36. The molecule has 0 heterocycles. The van der Waals surface area contributed by atoms with Crippen LogP contribution in [0.15, 0.2) is 36.4 Å². The molecular weight excluding hydrogens is 222 g/mol. The molecule has 0 bridgehead atoms. The van der Waals surface area contributed by atoms with Crippen LogP contribution in [-0.4, -0.2) is 13.2 Å². The van der Waals surface area contributed by atoms with Crippen molar-refractivity contribution in [1.82, 2.24) is 5.32 Å². The van der Waals surface area contributed by atoms with E-state index in [1.165, 1.54) is 18.4 Å².